The van der Waals surface area contributed by atoms with E-state index < -0.39 is 27.0 Å². The van der Waals surface area contributed by atoms with E-state index in [0.717, 1.165) is 6.21 Å². The van der Waals surface area contributed by atoms with Crippen LogP contribution in [0.3, 0.4) is 0 Å². The van der Waals surface area contributed by atoms with Gasteiger partial charge < -0.3 is 20.0 Å². The third-order valence-corrected chi connectivity index (χ3v) is 7.08. The van der Waals surface area contributed by atoms with E-state index in [0.29, 0.717) is 39.1 Å². The van der Waals surface area contributed by atoms with Crippen LogP contribution >= 0.6 is 0 Å². The van der Waals surface area contributed by atoms with Crippen molar-refractivity contribution in [1.82, 2.24) is 4.57 Å². The van der Waals surface area contributed by atoms with Crippen LogP contribution in [0.15, 0.2) is 36.4 Å². The molecule has 1 amide bonds. The minimum atomic E-state index is -1.71. The van der Waals surface area contributed by atoms with Crippen LogP contribution in [0.5, 0.6) is 0 Å². The quantitative estimate of drug-likeness (QED) is 0.401. The molecule has 10 radical (unpaired) electrons. The molecule has 2 heterocycles. The molecule has 2 aromatic carbocycles. The van der Waals surface area contributed by atoms with Gasteiger partial charge in [0.2, 0.25) is 5.91 Å². The number of ether oxygens (including phenoxy) is 1. The van der Waals surface area contributed by atoms with Crippen LogP contribution in [0, 0.1) is 23.6 Å². The van der Waals surface area contributed by atoms with Crippen molar-refractivity contribution in [3.63, 3.8) is 0 Å². The lowest BCUT2D eigenvalue weighted by Crippen LogP contribution is -2.60. The summed E-state index contributed by atoms with van der Waals surface area (Å²) in [6, 6.07) is 9.32. The Morgan fingerprint density at radius 3 is 2.08 bits per heavy atom. The summed E-state index contributed by atoms with van der Waals surface area (Å²) in [6.07, 6.45) is 1.15. The van der Waals surface area contributed by atoms with E-state index in [4.69, 9.17) is 49.4 Å². The zero-order valence-corrected chi connectivity index (χ0v) is 23.5. The van der Waals surface area contributed by atoms with Crippen molar-refractivity contribution < 1.29 is 13.9 Å². The van der Waals surface area contributed by atoms with Gasteiger partial charge in [0.15, 0.2) is 0 Å². The normalized spacial score (nSPS) is 17.6. The number of aryl methyl sites for hydroxylation is 1. The molecule has 0 spiro atoms. The van der Waals surface area contributed by atoms with Gasteiger partial charge in [-0.3, -0.25) is 4.79 Å². The third-order valence-electron chi connectivity index (χ3n) is 7.08. The summed E-state index contributed by atoms with van der Waals surface area (Å²) < 4.78 is 21.2. The zero-order valence-electron chi connectivity index (χ0n) is 23.5. The molecule has 39 heavy (non-hydrogen) atoms. The van der Waals surface area contributed by atoms with Gasteiger partial charge in [0.25, 0.3) is 0 Å². The highest BCUT2D eigenvalue weighted by Crippen LogP contribution is 2.58. The Kier molecular flexibility index (Phi) is 8.49. The number of benzene rings is 2. The second kappa shape index (κ2) is 10.7. The van der Waals surface area contributed by atoms with E-state index in [1.807, 2.05) is 20.8 Å². The second-order valence-electron chi connectivity index (χ2n) is 11.0. The summed E-state index contributed by atoms with van der Waals surface area (Å²) >= 11 is 0. The van der Waals surface area contributed by atoms with Crippen LogP contribution in [0.1, 0.15) is 51.4 Å². The maximum atomic E-state index is 13.9. The van der Waals surface area contributed by atoms with E-state index in [9.17, 15) is 9.18 Å². The molecule has 0 unspecified atom stereocenters. The number of amides is 1. The van der Waals surface area contributed by atoms with Crippen molar-refractivity contribution in [1.29, 1.82) is 5.41 Å². The number of rotatable bonds is 4. The number of halogens is 1. The van der Waals surface area contributed by atoms with Crippen LogP contribution < -0.4 is 5.32 Å². The van der Waals surface area contributed by atoms with E-state index in [1.165, 1.54) is 12.1 Å². The van der Waals surface area contributed by atoms with Crippen LogP contribution in [-0.4, -0.2) is 69.1 Å². The summed E-state index contributed by atoms with van der Waals surface area (Å²) in [6.45, 7) is 11.0. The first kappa shape index (κ1) is 30.9. The monoisotopic (exact) mass is 515 g/mol. The van der Waals surface area contributed by atoms with E-state index >= 15 is 0 Å². The molecule has 0 atom stereocenters. The van der Waals surface area contributed by atoms with Gasteiger partial charge >= 0.3 is 0 Å². The Bertz CT molecular complexity index is 1380. The number of anilines is 1. The topological polar surface area (TPSA) is 67.1 Å². The predicted molar refractivity (Wildman–Crippen MR) is 162 cm³/mol. The zero-order chi connectivity index (χ0) is 29.6. The van der Waals surface area contributed by atoms with Crippen molar-refractivity contribution in [3.8, 4) is 5.69 Å². The molecule has 5 nitrogen and oxygen atoms in total. The van der Waals surface area contributed by atoms with Crippen molar-refractivity contribution in [2.24, 2.45) is 5.41 Å². The number of nitrogens with one attached hydrogen (secondary N) is 2. The smallest absolute Gasteiger partial charge is 0.229 e. The molecule has 192 valence electrons. The predicted octanol–water partition coefficient (Wildman–Crippen LogP) is 4.39. The highest BCUT2D eigenvalue weighted by atomic mass is 19.1. The van der Waals surface area contributed by atoms with Gasteiger partial charge in [-0.15, -0.1) is 0 Å². The van der Waals surface area contributed by atoms with Crippen molar-refractivity contribution in [3.05, 3.63) is 59.0 Å². The van der Waals surface area contributed by atoms with Crippen molar-refractivity contribution >= 4 is 67.9 Å². The second-order valence-corrected chi connectivity index (χ2v) is 11.0. The van der Waals surface area contributed by atoms with Gasteiger partial charge in [0.1, 0.15) is 5.82 Å². The lowest BCUT2D eigenvalue weighted by atomic mass is 9.22. The summed E-state index contributed by atoms with van der Waals surface area (Å²) in [7, 11) is 33.1. The molecule has 1 fully saturated rings. The number of carbonyl (C=O) groups excluding carboxylic acids is 1. The van der Waals surface area contributed by atoms with Crippen LogP contribution in [-0.2, 0) is 14.8 Å². The Labute approximate surface area is 237 Å². The third kappa shape index (κ3) is 5.15. The van der Waals surface area contributed by atoms with Gasteiger partial charge in [-0.2, -0.15) is 0 Å². The van der Waals surface area contributed by atoms with E-state index in [1.54, 1.807) is 49.6 Å². The van der Waals surface area contributed by atoms with Crippen LogP contribution in [0.25, 0.3) is 16.6 Å². The molecule has 1 aliphatic rings. The summed E-state index contributed by atoms with van der Waals surface area (Å²) in [5, 5.41) is 6.56. The Hall–Kier alpha value is -2.67. The first-order valence-corrected chi connectivity index (χ1v) is 12.8. The molecule has 1 aromatic heterocycles. The molecular formula is C28H31B5FN3O2. The molecule has 0 aliphatic carbocycles. The minimum absolute atomic E-state index is 0.108. The van der Waals surface area contributed by atoms with Crippen LogP contribution in [0.2, 0.25) is 10.4 Å². The number of aromatic nitrogens is 1. The lowest BCUT2D eigenvalue weighted by Gasteiger charge is -2.60. The number of fused-ring (bicyclic) bond motifs is 1. The summed E-state index contributed by atoms with van der Waals surface area (Å²) in [4.78, 5) is 12.8. The van der Waals surface area contributed by atoms with E-state index in [-0.39, 0.29) is 19.1 Å². The van der Waals surface area contributed by atoms with Gasteiger partial charge in [-0.25, -0.2) is 4.39 Å². The number of hydrogen-bond donors (Lipinski definition) is 2. The number of carbonyl (C=O) groups is 1. The average molecular weight is 515 g/mol. The molecule has 4 rings (SSSR count). The van der Waals surface area contributed by atoms with E-state index in [2.05, 4.69) is 5.32 Å². The minimum Gasteiger partial charge on any atom is -0.383 e. The van der Waals surface area contributed by atoms with Crippen molar-refractivity contribution in [2.75, 3.05) is 18.5 Å². The summed E-state index contributed by atoms with van der Waals surface area (Å²) in [5.74, 6) is -0.630. The highest BCUT2D eigenvalue weighted by molar-refractivity contribution is 6.52. The fourth-order valence-electron chi connectivity index (χ4n) is 4.86. The average Bonchev–Trinajstić information content (AvgIpc) is 3.14. The largest absolute Gasteiger partial charge is 0.383 e. The maximum Gasteiger partial charge on any atom is 0.229 e. The number of hydrogen-bond acceptors (Lipinski definition) is 3. The molecule has 2 N–H and O–H groups in total. The first-order valence-electron chi connectivity index (χ1n) is 12.8. The molecule has 1 saturated heterocycles. The van der Waals surface area contributed by atoms with Crippen molar-refractivity contribution in [2.45, 2.75) is 57.3 Å². The Morgan fingerprint density at radius 2 is 1.59 bits per heavy atom. The van der Waals surface area contributed by atoms with Gasteiger partial charge in [-0.05, 0) is 54.2 Å². The lowest BCUT2D eigenvalue weighted by molar-refractivity contribution is -0.123. The Balaban J connectivity index is 0.00000205. The molecule has 3 aromatic rings. The molecular weight excluding hydrogens is 483 g/mol. The fourth-order valence-corrected chi connectivity index (χ4v) is 4.86. The molecule has 0 saturated carbocycles. The van der Waals surface area contributed by atoms with Gasteiger partial charge in [-0.1, -0.05) is 45.0 Å². The molecule has 1 aliphatic heterocycles. The first-order chi connectivity index (χ1) is 18.0. The maximum absolute atomic E-state index is 13.9. The van der Waals surface area contributed by atoms with Gasteiger partial charge in [0, 0.05) is 47.2 Å². The van der Waals surface area contributed by atoms with Gasteiger partial charge in [0.05, 0.1) is 50.4 Å². The molecule has 0 bridgehead atoms. The molecule has 11 heteroatoms. The SMILES string of the molecule is CC.[B]C1([B])COCC([B])([B])C1([B])c1c(C)c2cc(NC(=O)C(C)(C)C)c(C=N)cc2n1-c1ccc(F)cc1. The Morgan fingerprint density at radius 1 is 1.05 bits per heavy atom. The fraction of sp³-hybridized carbons (Fsp3) is 0.429. The summed E-state index contributed by atoms with van der Waals surface area (Å²) in [5.41, 5.74) is 2.50. The standard InChI is InChI=1S/C26H25B5FN3O2.C2H6/c1-14-18-10-19(34-22(36)23(2,3)4)15(11-33)9-20(18)35(17-7-5-16(32)6-8-17)21(14)26(31)24(27,28)12-37-13-25(26,29)30;1-2/h5-11,33H,12-13H2,1-4H3,(H,34,36);1-2H3. The van der Waals surface area contributed by atoms with Crippen LogP contribution in [0.4, 0.5) is 10.1 Å². The number of nitrogens with zero attached hydrogens (tertiary/aromatic N) is 1. The highest BCUT2D eigenvalue weighted by Gasteiger charge is 2.55.